The van der Waals surface area contributed by atoms with Crippen LogP contribution in [0.1, 0.15) is 24.1 Å². The van der Waals surface area contributed by atoms with Gasteiger partial charge in [0.15, 0.2) is 0 Å². The van der Waals surface area contributed by atoms with E-state index in [-0.39, 0.29) is 11.9 Å². The zero-order valence-corrected chi connectivity index (χ0v) is 12.7. The van der Waals surface area contributed by atoms with Gasteiger partial charge >= 0.3 is 0 Å². The Labute approximate surface area is 128 Å². The highest BCUT2D eigenvalue weighted by Crippen LogP contribution is 2.29. The molecule has 0 spiro atoms. The van der Waals surface area contributed by atoms with Crippen molar-refractivity contribution in [1.29, 1.82) is 5.41 Å². The Morgan fingerprint density at radius 1 is 1.29 bits per heavy atom. The van der Waals surface area contributed by atoms with E-state index in [0.717, 1.165) is 5.56 Å². The molecule has 0 aliphatic heterocycles. The molecule has 0 aliphatic carbocycles. The van der Waals surface area contributed by atoms with Gasteiger partial charge in [0.1, 0.15) is 11.7 Å². The van der Waals surface area contributed by atoms with Gasteiger partial charge in [0.05, 0.1) is 6.04 Å². The highest BCUT2D eigenvalue weighted by atomic mass is 35.5. The minimum absolute atomic E-state index is 0.00672. The zero-order valence-electron chi connectivity index (χ0n) is 11.9. The first-order valence-electron chi connectivity index (χ1n) is 6.52. The molecule has 2 rings (SSSR count). The monoisotopic (exact) mass is 305 g/mol. The molecule has 0 aliphatic rings. The summed E-state index contributed by atoms with van der Waals surface area (Å²) >= 11 is 6.02. The fourth-order valence-electron chi connectivity index (χ4n) is 2.23. The van der Waals surface area contributed by atoms with Crippen LogP contribution in [0, 0.1) is 11.2 Å². The maximum absolute atomic E-state index is 13.4. The van der Waals surface area contributed by atoms with Crippen molar-refractivity contribution in [3.05, 3.63) is 64.4 Å². The molecule has 0 aromatic heterocycles. The molecule has 0 amide bonds. The van der Waals surface area contributed by atoms with E-state index in [1.807, 2.05) is 43.1 Å². The van der Waals surface area contributed by atoms with Crippen molar-refractivity contribution >= 4 is 23.1 Å². The van der Waals surface area contributed by atoms with Gasteiger partial charge in [0, 0.05) is 23.3 Å². The van der Waals surface area contributed by atoms with Crippen LogP contribution in [0.5, 0.6) is 0 Å². The summed E-state index contributed by atoms with van der Waals surface area (Å²) in [5.74, 6) is -0.567. The normalized spacial score (nSPS) is 12.0. The van der Waals surface area contributed by atoms with Crippen molar-refractivity contribution in [2.75, 3.05) is 11.9 Å². The number of nitrogen functional groups attached to an aromatic ring is 1. The van der Waals surface area contributed by atoms with Crippen LogP contribution in [0.3, 0.4) is 0 Å². The highest BCUT2D eigenvalue weighted by Gasteiger charge is 2.17. The van der Waals surface area contributed by atoms with E-state index in [4.69, 9.17) is 22.7 Å². The van der Waals surface area contributed by atoms with Gasteiger partial charge in [0.25, 0.3) is 0 Å². The number of nitrogens with two attached hydrogens (primary N) is 1. The van der Waals surface area contributed by atoms with E-state index >= 15 is 0 Å². The van der Waals surface area contributed by atoms with Crippen LogP contribution in [0.4, 0.5) is 10.1 Å². The maximum atomic E-state index is 13.4. The van der Waals surface area contributed by atoms with E-state index < -0.39 is 5.82 Å². The number of nitrogens with one attached hydrogen (secondary N) is 1. The molecule has 0 radical (unpaired) electrons. The van der Waals surface area contributed by atoms with E-state index in [9.17, 15) is 4.39 Å². The fraction of sp³-hybridized carbons (Fsp3) is 0.188. The third kappa shape index (κ3) is 3.34. The summed E-state index contributed by atoms with van der Waals surface area (Å²) in [5, 5.41) is 8.27. The second kappa shape index (κ2) is 6.14. The Kier molecular flexibility index (Phi) is 4.48. The standard InChI is InChI=1S/C16H17ClFN3/c1-10(11-4-3-5-12(17)8-11)21(2)15-7-6-13(18)9-14(15)16(19)20/h3-10H,1-2H3,(H3,19,20). The van der Waals surface area contributed by atoms with Gasteiger partial charge in [-0.05, 0) is 42.8 Å². The lowest BCUT2D eigenvalue weighted by molar-refractivity contribution is 0.626. The van der Waals surface area contributed by atoms with Crippen molar-refractivity contribution < 1.29 is 4.39 Å². The molecule has 0 saturated carbocycles. The Bertz CT molecular complexity index is 672. The Morgan fingerprint density at radius 2 is 2.00 bits per heavy atom. The highest BCUT2D eigenvalue weighted by molar-refractivity contribution is 6.30. The zero-order chi connectivity index (χ0) is 15.6. The lowest BCUT2D eigenvalue weighted by Gasteiger charge is -2.29. The number of nitrogens with zero attached hydrogens (tertiary/aromatic N) is 1. The Hall–Kier alpha value is -2.07. The van der Waals surface area contributed by atoms with Crippen LogP contribution >= 0.6 is 11.6 Å². The van der Waals surface area contributed by atoms with E-state index in [1.54, 1.807) is 6.07 Å². The number of hydrogen-bond donors (Lipinski definition) is 2. The quantitative estimate of drug-likeness (QED) is 0.663. The van der Waals surface area contributed by atoms with Crippen molar-refractivity contribution in [2.24, 2.45) is 5.73 Å². The molecule has 0 saturated heterocycles. The molecular formula is C16H17ClFN3. The minimum atomic E-state index is -0.409. The molecule has 21 heavy (non-hydrogen) atoms. The molecule has 1 unspecified atom stereocenters. The summed E-state index contributed by atoms with van der Waals surface area (Å²) in [5.41, 5.74) is 7.67. The fourth-order valence-corrected chi connectivity index (χ4v) is 2.43. The average molecular weight is 306 g/mol. The van der Waals surface area contributed by atoms with Crippen LogP contribution in [-0.2, 0) is 0 Å². The summed E-state index contributed by atoms with van der Waals surface area (Å²) in [6, 6.07) is 11.8. The minimum Gasteiger partial charge on any atom is -0.384 e. The van der Waals surface area contributed by atoms with Gasteiger partial charge in [0.2, 0.25) is 0 Å². The molecule has 3 nitrogen and oxygen atoms in total. The first-order chi connectivity index (χ1) is 9.90. The molecule has 0 fully saturated rings. The largest absolute Gasteiger partial charge is 0.384 e. The Balaban J connectivity index is 2.40. The molecule has 2 aromatic rings. The van der Waals surface area contributed by atoms with Crippen LogP contribution in [0.15, 0.2) is 42.5 Å². The van der Waals surface area contributed by atoms with Gasteiger partial charge in [-0.3, -0.25) is 5.41 Å². The summed E-state index contributed by atoms with van der Waals surface area (Å²) in [4.78, 5) is 1.95. The molecule has 0 bridgehead atoms. The number of hydrogen-bond acceptors (Lipinski definition) is 2. The topological polar surface area (TPSA) is 53.1 Å². The maximum Gasteiger partial charge on any atom is 0.125 e. The van der Waals surface area contributed by atoms with Crippen LogP contribution < -0.4 is 10.6 Å². The number of rotatable bonds is 4. The van der Waals surface area contributed by atoms with Crippen LogP contribution in [-0.4, -0.2) is 12.9 Å². The van der Waals surface area contributed by atoms with Crippen LogP contribution in [0.25, 0.3) is 0 Å². The van der Waals surface area contributed by atoms with E-state index in [0.29, 0.717) is 16.3 Å². The predicted octanol–water partition coefficient (Wildman–Crippen LogP) is 3.96. The predicted molar refractivity (Wildman–Crippen MR) is 85.7 cm³/mol. The third-order valence-corrected chi connectivity index (χ3v) is 3.78. The van der Waals surface area contributed by atoms with Gasteiger partial charge in [-0.15, -0.1) is 0 Å². The summed E-state index contributed by atoms with van der Waals surface area (Å²) in [6.45, 7) is 2.01. The van der Waals surface area contributed by atoms with Crippen LogP contribution in [0.2, 0.25) is 5.02 Å². The number of anilines is 1. The van der Waals surface area contributed by atoms with Crippen molar-refractivity contribution in [2.45, 2.75) is 13.0 Å². The van der Waals surface area contributed by atoms with E-state index in [1.165, 1.54) is 12.1 Å². The van der Waals surface area contributed by atoms with Crippen molar-refractivity contribution in [3.8, 4) is 0 Å². The molecule has 5 heteroatoms. The summed E-state index contributed by atoms with van der Waals surface area (Å²) in [7, 11) is 1.88. The smallest absolute Gasteiger partial charge is 0.125 e. The third-order valence-electron chi connectivity index (χ3n) is 3.54. The van der Waals surface area contributed by atoms with Gasteiger partial charge in [-0.2, -0.15) is 0 Å². The van der Waals surface area contributed by atoms with Gasteiger partial charge in [-0.25, -0.2) is 4.39 Å². The molecule has 1 atom stereocenters. The average Bonchev–Trinajstić information content (AvgIpc) is 2.45. The molecule has 2 aromatic carbocycles. The number of halogens is 2. The summed E-state index contributed by atoms with van der Waals surface area (Å²) in [6.07, 6.45) is 0. The number of benzene rings is 2. The number of amidine groups is 1. The van der Waals surface area contributed by atoms with Gasteiger partial charge in [-0.1, -0.05) is 23.7 Å². The Morgan fingerprint density at radius 3 is 2.62 bits per heavy atom. The lowest BCUT2D eigenvalue weighted by Crippen LogP contribution is -2.25. The molecule has 0 heterocycles. The summed E-state index contributed by atoms with van der Waals surface area (Å²) < 4.78 is 13.4. The molecule has 3 N–H and O–H groups in total. The van der Waals surface area contributed by atoms with E-state index in [2.05, 4.69) is 0 Å². The molecule has 110 valence electrons. The van der Waals surface area contributed by atoms with Crippen molar-refractivity contribution in [3.63, 3.8) is 0 Å². The first-order valence-corrected chi connectivity index (χ1v) is 6.90. The molecular weight excluding hydrogens is 289 g/mol. The van der Waals surface area contributed by atoms with Crippen molar-refractivity contribution in [1.82, 2.24) is 0 Å². The lowest BCUT2D eigenvalue weighted by atomic mass is 10.0. The second-order valence-electron chi connectivity index (χ2n) is 4.92. The van der Waals surface area contributed by atoms with Gasteiger partial charge < -0.3 is 10.6 Å². The second-order valence-corrected chi connectivity index (χ2v) is 5.35. The first kappa shape index (κ1) is 15.3. The SMILES string of the molecule is CC(c1cccc(Cl)c1)N(C)c1ccc(F)cc1C(=N)N.